The normalized spacial score (nSPS) is 10.3. The molecule has 0 aliphatic heterocycles. The van der Waals surface area contributed by atoms with Crippen LogP contribution in [0.4, 0.5) is 11.4 Å². The quantitative estimate of drug-likeness (QED) is 0.935. The molecule has 1 N–H and O–H groups in total. The molecule has 2 aromatic rings. The lowest BCUT2D eigenvalue weighted by atomic mass is 10.2. The van der Waals surface area contributed by atoms with Crippen LogP contribution in [0.25, 0.3) is 0 Å². The molecule has 0 unspecified atom stereocenters. The van der Waals surface area contributed by atoms with Crippen LogP contribution < -0.4 is 10.2 Å². The van der Waals surface area contributed by atoms with Crippen molar-refractivity contribution < 1.29 is 0 Å². The number of benzene rings is 1. The fraction of sp³-hybridized carbons (Fsp3) is 0.250. The van der Waals surface area contributed by atoms with Gasteiger partial charge in [-0.15, -0.1) is 11.3 Å². The molecule has 2 rings (SSSR count). The number of hydrogen-bond acceptors (Lipinski definition) is 4. The highest BCUT2D eigenvalue weighted by molar-refractivity contribution is 9.10. The fourth-order valence-electron chi connectivity index (χ4n) is 1.55. The van der Waals surface area contributed by atoms with Crippen LogP contribution in [0.1, 0.15) is 5.01 Å². The first-order valence-corrected chi connectivity index (χ1v) is 6.93. The first kappa shape index (κ1) is 12.4. The van der Waals surface area contributed by atoms with Gasteiger partial charge in [0.1, 0.15) is 5.01 Å². The number of nitrogens with zero attached hydrogens (tertiary/aromatic N) is 2. The molecular weight excluding hydrogens is 298 g/mol. The Morgan fingerprint density at radius 3 is 2.88 bits per heavy atom. The van der Waals surface area contributed by atoms with E-state index in [2.05, 4.69) is 43.3 Å². The zero-order valence-corrected chi connectivity index (χ0v) is 12.2. The Hall–Kier alpha value is -1.07. The number of thiazole rings is 1. The molecule has 0 saturated carbocycles. The van der Waals surface area contributed by atoms with Gasteiger partial charge in [-0.25, -0.2) is 4.98 Å². The molecule has 1 aromatic carbocycles. The van der Waals surface area contributed by atoms with Crippen molar-refractivity contribution in [3.63, 3.8) is 0 Å². The van der Waals surface area contributed by atoms with Crippen LogP contribution >= 0.6 is 27.3 Å². The van der Waals surface area contributed by atoms with E-state index in [9.17, 15) is 0 Å². The second kappa shape index (κ2) is 5.51. The number of aromatic nitrogens is 1. The van der Waals surface area contributed by atoms with Crippen LogP contribution in [0.3, 0.4) is 0 Å². The first-order valence-electron chi connectivity index (χ1n) is 5.26. The summed E-state index contributed by atoms with van der Waals surface area (Å²) in [4.78, 5) is 6.35. The SMILES string of the molecule is CN(C)c1ccc(Br)cc1NCc1nccs1. The monoisotopic (exact) mass is 311 g/mol. The van der Waals surface area contributed by atoms with E-state index in [-0.39, 0.29) is 0 Å². The Morgan fingerprint density at radius 1 is 1.41 bits per heavy atom. The molecule has 0 spiro atoms. The third-order valence-corrected chi connectivity index (χ3v) is 3.63. The van der Waals surface area contributed by atoms with E-state index in [0.717, 1.165) is 21.7 Å². The predicted octanol–water partition coefficient (Wildman–Crippen LogP) is 3.58. The van der Waals surface area contributed by atoms with Gasteiger partial charge in [0.05, 0.1) is 17.9 Å². The molecule has 0 aliphatic rings. The van der Waals surface area contributed by atoms with Gasteiger partial charge in [0, 0.05) is 30.1 Å². The standard InChI is InChI=1S/C12H14BrN3S/c1-16(2)11-4-3-9(13)7-10(11)15-8-12-14-5-6-17-12/h3-7,15H,8H2,1-2H3. The van der Waals surface area contributed by atoms with E-state index in [1.165, 1.54) is 5.69 Å². The van der Waals surface area contributed by atoms with E-state index in [0.29, 0.717) is 0 Å². The lowest BCUT2D eigenvalue weighted by Gasteiger charge is -2.18. The van der Waals surface area contributed by atoms with Crippen molar-refractivity contribution in [3.05, 3.63) is 39.3 Å². The Balaban J connectivity index is 2.16. The molecule has 0 atom stereocenters. The van der Waals surface area contributed by atoms with Gasteiger partial charge in [0.2, 0.25) is 0 Å². The molecule has 1 aromatic heterocycles. The average Bonchev–Trinajstić information content (AvgIpc) is 2.78. The minimum Gasteiger partial charge on any atom is -0.377 e. The van der Waals surface area contributed by atoms with Gasteiger partial charge in [0.25, 0.3) is 0 Å². The molecule has 3 nitrogen and oxygen atoms in total. The van der Waals surface area contributed by atoms with E-state index in [1.54, 1.807) is 11.3 Å². The van der Waals surface area contributed by atoms with E-state index < -0.39 is 0 Å². The van der Waals surface area contributed by atoms with Crippen molar-refractivity contribution in [3.8, 4) is 0 Å². The summed E-state index contributed by atoms with van der Waals surface area (Å²) < 4.78 is 1.07. The van der Waals surface area contributed by atoms with Gasteiger partial charge >= 0.3 is 0 Å². The molecule has 0 bridgehead atoms. The molecule has 0 amide bonds. The van der Waals surface area contributed by atoms with Crippen molar-refractivity contribution >= 4 is 38.6 Å². The molecule has 0 aliphatic carbocycles. The van der Waals surface area contributed by atoms with Gasteiger partial charge < -0.3 is 10.2 Å². The molecule has 1 heterocycles. The summed E-state index contributed by atoms with van der Waals surface area (Å²) in [6, 6.07) is 6.22. The first-order chi connectivity index (χ1) is 8.16. The third kappa shape index (κ3) is 3.20. The van der Waals surface area contributed by atoms with Gasteiger partial charge in [-0.05, 0) is 18.2 Å². The van der Waals surface area contributed by atoms with Crippen molar-refractivity contribution in [2.24, 2.45) is 0 Å². The smallest absolute Gasteiger partial charge is 0.112 e. The molecule has 90 valence electrons. The summed E-state index contributed by atoms with van der Waals surface area (Å²) in [6.07, 6.45) is 1.83. The van der Waals surface area contributed by atoms with Crippen molar-refractivity contribution in [2.75, 3.05) is 24.3 Å². The highest BCUT2D eigenvalue weighted by atomic mass is 79.9. The summed E-state index contributed by atoms with van der Waals surface area (Å²) >= 11 is 5.15. The molecule has 0 radical (unpaired) electrons. The van der Waals surface area contributed by atoms with Crippen LogP contribution in [0.15, 0.2) is 34.2 Å². The minimum atomic E-state index is 0.759. The fourth-order valence-corrected chi connectivity index (χ4v) is 2.47. The second-order valence-corrected chi connectivity index (χ2v) is 5.73. The van der Waals surface area contributed by atoms with Crippen LogP contribution in [0, 0.1) is 0 Å². The zero-order valence-electron chi connectivity index (χ0n) is 9.77. The summed E-state index contributed by atoms with van der Waals surface area (Å²) in [6.45, 7) is 0.759. The Labute approximate surface area is 114 Å². The van der Waals surface area contributed by atoms with Crippen molar-refractivity contribution in [1.82, 2.24) is 4.98 Å². The van der Waals surface area contributed by atoms with Crippen LogP contribution in [-0.4, -0.2) is 19.1 Å². The van der Waals surface area contributed by atoms with E-state index >= 15 is 0 Å². The number of nitrogens with one attached hydrogen (secondary N) is 1. The number of anilines is 2. The van der Waals surface area contributed by atoms with Crippen molar-refractivity contribution in [2.45, 2.75) is 6.54 Å². The van der Waals surface area contributed by atoms with E-state index in [1.807, 2.05) is 31.7 Å². The maximum absolute atomic E-state index is 4.26. The number of halogens is 1. The van der Waals surface area contributed by atoms with Gasteiger partial charge in [-0.1, -0.05) is 15.9 Å². The maximum Gasteiger partial charge on any atom is 0.112 e. The molecule has 0 fully saturated rings. The van der Waals surface area contributed by atoms with Gasteiger partial charge in [-0.3, -0.25) is 0 Å². The lowest BCUT2D eigenvalue weighted by Crippen LogP contribution is -2.12. The predicted molar refractivity (Wildman–Crippen MR) is 77.9 cm³/mol. The molecule has 17 heavy (non-hydrogen) atoms. The van der Waals surface area contributed by atoms with Crippen LogP contribution in [0.2, 0.25) is 0 Å². The van der Waals surface area contributed by atoms with Gasteiger partial charge in [0.15, 0.2) is 0 Å². The highest BCUT2D eigenvalue weighted by Gasteiger charge is 2.05. The average molecular weight is 312 g/mol. The summed E-state index contributed by atoms with van der Waals surface area (Å²) in [5.41, 5.74) is 2.28. The summed E-state index contributed by atoms with van der Waals surface area (Å²) in [5, 5.41) is 6.50. The lowest BCUT2D eigenvalue weighted by molar-refractivity contribution is 1.08. The minimum absolute atomic E-state index is 0.759. The number of rotatable bonds is 4. The zero-order chi connectivity index (χ0) is 12.3. The van der Waals surface area contributed by atoms with Crippen molar-refractivity contribution in [1.29, 1.82) is 0 Å². The van der Waals surface area contributed by atoms with Crippen LogP contribution in [0.5, 0.6) is 0 Å². The summed E-state index contributed by atoms with van der Waals surface area (Å²) in [7, 11) is 4.08. The Kier molecular flexibility index (Phi) is 4.02. The Bertz CT molecular complexity index is 483. The summed E-state index contributed by atoms with van der Waals surface area (Å²) in [5.74, 6) is 0. The van der Waals surface area contributed by atoms with E-state index in [4.69, 9.17) is 0 Å². The molecule has 5 heteroatoms. The third-order valence-electron chi connectivity index (χ3n) is 2.35. The highest BCUT2D eigenvalue weighted by Crippen LogP contribution is 2.28. The molecule has 0 saturated heterocycles. The number of hydrogen-bond donors (Lipinski definition) is 1. The van der Waals surface area contributed by atoms with Crippen LogP contribution in [-0.2, 0) is 6.54 Å². The largest absolute Gasteiger partial charge is 0.377 e. The van der Waals surface area contributed by atoms with Gasteiger partial charge in [-0.2, -0.15) is 0 Å². The molecular formula is C12H14BrN3S. The second-order valence-electron chi connectivity index (χ2n) is 3.84. The maximum atomic E-state index is 4.26. The topological polar surface area (TPSA) is 28.2 Å². The Morgan fingerprint density at radius 2 is 2.24 bits per heavy atom.